The van der Waals surface area contributed by atoms with Crippen molar-refractivity contribution in [3.63, 3.8) is 0 Å². The smallest absolute Gasteiger partial charge is 0.299 e. The number of nitrogens with two attached hydrogens (primary N) is 1. The Morgan fingerprint density at radius 3 is 2.45 bits per heavy atom. The predicted octanol–water partition coefficient (Wildman–Crippen LogP) is 0.839. The average molecular weight is 299 g/mol. The van der Waals surface area contributed by atoms with E-state index >= 15 is 0 Å². The molecule has 2 aliphatic rings. The van der Waals surface area contributed by atoms with Gasteiger partial charge in [0.1, 0.15) is 0 Å². The van der Waals surface area contributed by atoms with Crippen molar-refractivity contribution in [3.05, 3.63) is 12.1 Å². The van der Waals surface area contributed by atoms with E-state index in [0.717, 1.165) is 19.3 Å². The summed E-state index contributed by atoms with van der Waals surface area (Å²) < 4.78 is 39.7. The lowest BCUT2D eigenvalue weighted by Crippen LogP contribution is -2.32. The fourth-order valence-electron chi connectivity index (χ4n) is 1.91. The lowest BCUT2D eigenvalue weighted by molar-refractivity contribution is 0.297. The fraction of sp³-hybridized carbons (Fsp3) is 0.500. The molecule has 0 amide bonds. The maximum Gasteiger partial charge on any atom is 0.299 e. The van der Waals surface area contributed by atoms with Gasteiger partial charge in [-0.15, -0.1) is 0 Å². The van der Waals surface area contributed by atoms with E-state index in [4.69, 9.17) is 15.2 Å². The van der Waals surface area contributed by atoms with Crippen LogP contribution in [0.1, 0.15) is 19.3 Å². The zero-order valence-electron chi connectivity index (χ0n) is 10.9. The number of benzene rings is 1. The van der Waals surface area contributed by atoms with E-state index in [9.17, 15) is 8.42 Å². The summed E-state index contributed by atoms with van der Waals surface area (Å²) in [6.45, 7) is 1.09. The molecule has 1 heterocycles. The Kier molecular flexibility index (Phi) is 3.35. The lowest BCUT2D eigenvalue weighted by Gasteiger charge is -2.14. The zero-order valence-corrected chi connectivity index (χ0v) is 11.7. The Hall–Kier alpha value is -1.67. The maximum atomic E-state index is 11.9. The molecule has 1 saturated carbocycles. The van der Waals surface area contributed by atoms with Crippen molar-refractivity contribution >= 4 is 21.6 Å². The van der Waals surface area contributed by atoms with Gasteiger partial charge in [-0.1, -0.05) is 0 Å². The molecule has 1 aromatic carbocycles. The summed E-state index contributed by atoms with van der Waals surface area (Å²) in [5, 5.41) is 0. The predicted molar refractivity (Wildman–Crippen MR) is 75.2 cm³/mol. The summed E-state index contributed by atoms with van der Waals surface area (Å²) >= 11 is 0. The van der Waals surface area contributed by atoms with Crippen LogP contribution in [0.25, 0.3) is 0 Å². The van der Waals surface area contributed by atoms with Crippen LogP contribution in [-0.2, 0) is 10.2 Å². The first-order chi connectivity index (χ1) is 9.53. The minimum Gasteiger partial charge on any atom is -0.489 e. The number of rotatable bonds is 4. The summed E-state index contributed by atoms with van der Waals surface area (Å²) in [4.78, 5) is 0. The second-order valence-electron chi connectivity index (χ2n) is 4.93. The van der Waals surface area contributed by atoms with Crippen LogP contribution in [0.4, 0.5) is 11.4 Å². The van der Waals surface area contributed by atoms with Crippen LogP contribution < -0.4 is 24.7 Å². The molecule has 7 nitrogen and oxygen atoms in total. The maximum absolute atomic E-state index is 11.9. The second kappa shape index (κ2) is 5.02. The van der Waals surface area contributed by atoms with Crippen LogP contribution in [-0.4, -0.2) is 27.7 Å². The van der Waals surface area contributed by atoms with Crippen LogP contribution in [0.5, 0.6) is 11.5 Å². The molecule has 1 fully saturated rings. The Morgan fingerprint density at radius 1 is 1.15 bits per heavy atom. The van der Waals surface area contributed by atoms with Crippen molar-refractivity contribution in [2.75, 3.05) is 23.7 Å². The summed E-state index contributed by atoms with van der Waals surface area (Å²) in [5.74, 6) is 1.04. The van der Waals surface area contributed by atoms with Gasteiger partial charge in [-0.05, 0) is 12.8 Å². The van der Waals surface area contributed by atoms with Gasteiger partial charge in [0.15, 0.2) is 11.5 Å². The topological polar surface area (TPSA) is 103 Å². The highest BCUT2D eigenvalue weighted by Crippen LogP contribution is 2.37. The lowest BCUT2D eigenvalue weighted by atomic mass is 10.2. The van der Waals surface area contributed by atoms with Crippen molar-refractivity contribution in [1.82, 2.24) is 4.72 Å². The van der Waals surface area contributed by atoms with E-state index in [1.54, 1.807) is 12.1 Å². The molecule has 8 heteroatoms. The molecule has 20 heavy (non-hydrogen) atoms. The van der Waals surface area contributed by atoms with Crippen LogP contribution in [0.3, 0.4) is 0 Å². The summed E-state index contributed by atoms with van der Waals surface area (Å²) in [6.07, 6.45) is 2.52. The van der Waals surface area contributed by atoms with E-state index in [2.05, 4.69) is 9.44 Å². The third-order valence-corrected chi connectivity index (χ3v) is 4.20. The van der Waals surface area contributed by atoms with Gasteiger partial charge >= 0.3 is 0 Å². The number of fused-ring (bicyclic) bond motifs is 1. The van der Waals surface area contributed by atoms with Gasteiger partial charge in [-0.2, -0.15) is 13.1 Å². The molecule has 0 bridgehead atoms. The molecule has 1 aliphatic heterocycles. The van der Waals surface area contributed by atoms with Crippen molar-refractivity contribution in [3.8, 4) is 11.5 Å². The molecule has 110 valence electrons. The summed E-state index contributed by atoms with van der Waals surface area (Å²) in [6, 6.07) is 3.17. The Labute approximate surface area is 117 Å². The van der Waals surface area contributed by atoms with Gasteiger partial charge in [0.05, 0.1) is 24.6 Å². The second-order valence-corrected chi connectivity index (χ2v) is 6.38. The van der Waals surface area contributed by atoms with Gasteiger partial charge in [0, 0.05) is 24.6 Å². The monoisotopic (exact) mass is 299 g/mol. The number of hydrogen-bond acceptors (Lipinski definition) is 5. The largest absolute Gasteiger partial charge is 0.489 e. The van der Waals surface area contributed by atoms with Crippen molar-refractivity contribution in [1.29, 1.82) is 0 Å². The average Bonchev–Trinajstić information content (AvgIpc) is 3.16. The quantitative estimate of drug-likeness (QED) is 0.715. The number of nitrogens with one attached hydrogen (secondary N) is 2. The minimum absolute atomic E-state index is 0.0362. The number of nitrogen functional groups attached to an aromatic ring is 1. The molecule has 3 rings (SSSR count). The standard InChI is InChI=1S/C12H17N3O4S/c13-9-6-11-12(19-5-1-4-18-11)7-10(9)15-20(16,17)14-8-2-3-8/h6-8,14-15H,1-5,13H2. The Balaban J connectivity index is 1.83. The van der Waals surface area contributed by atoms with Crippen LogP contribution in [0, 0.1) is 0 Å². The minimum atomic E-state index is -3.61. The highest BCUT2D eigenvalue weighted by molar-refractivity contribution is 7.90. The van der Waals surface area contributed by atoms with Crippen molar-refractivity contribution < 1.29 is 17.9 Å². The molecule has 4 N–H and O–H groups in total. The van der Waals surface area contributed by atoms with E-state index in [1.165, 1.54) is 0 Å². The molecule has 0 saturated heterocycles. The molecule has 0 atom stereocenters. The molecule has 1 aliphatic carbocycles. The normalized spacial score (nSPS) is 18.4. The Morgan fingerprint density at radius 2 is 1.80 bits per heavy atom. The molecule has 0 unspecified atom stereocenters. The van der Waals surface area contributed by atoms with E-state index < -0.39 is 10.2 Å². The number of ether oxygens (including phenoxy) is 2. The highest BCUT2D eigenvalue weighted by atomic mass is 32.2. The van der Waals surface area contributed by atoms with Crippen LogP contribution >= 0.6 is 0 Å². The number of anilines is 2. The first-order valence-electron chi connectivity index (χ1n) is 6.53. The third-order valence-electron chi connectivity index (χ3n) is 3.06. The SMILES string of the molecule is Nc1cc2c(cc1NS(=O)(=O)NC1CC1)OCCCO2. The molecular weight excluding hydrogens is 282 g/mol. The highest BCUT2D eigenvalue weighted by Gasteiger charge is 2.27. The van der Waals surface area contributed by atoms with Crippen molar-refractivity contribution in [2.24, 2.45) is 0 Å². The van der Waals surface area contributed by atoms with Crippen LogP contribution in [0.2, 0.25) is 0 Å². The van der Waals surface area contributed by atoms with Gasteiger partial charge in [-0.3, -0.25) is 4.72 Å². The first-order valence-corrected chi connectivity index (χ1v) is 8.01. The molecule has 1 aromatic rings. The van der Waals surface area contributed by atoms with Gasteiger partial charge < -0.3 is 15.2 Å². The Bertz CT molecular complexity index is 613. The van der Waals surface area contributed by atoms with Gasteiger partial charge in [-0.25, -0.2) is 0 Å². The number of hydrogen-bond donors (Lipinski definition) is 3. The summed E-state index contributed by atoms with van der Waals surface area (Å²) in [5.41, 5.74) is 6.45. The van der Waals surface area contributed by atoms with Gasteiger partial charge in [0.25, 0.3) is 10.2 Å². The van der Waals surface area contributed by atoms with Crippen molar-refractivity contribution in [2.45, 2.75) is 25.3 Å². The molecule has 0 spiro atoms. The first kappa shape index (κ1) is 13.3. The van der Waals surface area contributed by atoms with E-state index in [-0.39, 0.29) is 6.04 Å². The molecule has 0 aromatic heterocycles. The van der Waals surface area contributed by atoms with E-state index in [0.29, 0.717) is 36.1 Å². The zero-order chi connectivity index (χ0) is 14.2. The third kappa shape index (κ3) is 3.07. The van der Waals surface area contributed by atoms with Gasteiger partial charge in [0.2, 0.25) is 0 Å². The summed E-state index contributed by atoms with van der Waals surface area (Å²) in [7, 11) is -3.61. The van der Waals surface area contributed by atoms with E-state index in [1.807, 2.05) is 0 Å². The fourth-order valence-corrected chi connectivity index (χ4v) is 3.11. The molecule has 0 radical (unpaired) electrons. The molecular formula is C12H17N3O4S. The van der Waals surface area contributed by atoms with Crippen LogP contribution in [0.15, 0.2) is 12.1 Å².